The van der Waals surface area contributed by atoms with Crippen LogP contribution < -0.4 is 9.47 Å². The summed E-state index contributed by atoms with van der Waals surface area (Å²) in [5, 5.41) is 2.01. The van der Waals surface area contributed by atoms with Crippen LogP contribution in [-0.4, -0.2) is 55.0 Å². The monoisotopic (exact) mass is 432 g/mol. The van der Waals surface area contributed by atoms with Gasteiger partial charge in [0.15, 0.2) is 11.5 Å². The quantitative estimate of drug-likeness (QED) is 0.539. The van der Waals surface area contributed by atoms with E-state index >= 15 is 0 Å². The molecule has 2 aromatic rings. The molecular weight excluding hydrogens is 400 g/mol. The number of methoxy groups -OCH3 is 2. The molecule has 1 heterocycles. The number of carbonyl (C=O) groups excluding carboxylic acids is 2. The Kier molecular flexibility index (Phi) is 9.17. The van der Waals surface area contributed by atoms with Crippen LogP contribution in [-0.2, 0) is 22.6 Å². The Labute approximate surface area is 183 Å². The first-order chi connectivity index (χ1) is 14.4. The van der Waals surface area contributed by atoms with Gasteiger partial charge in [-0.05, 0) is 48.9 Å². The predicted molar refractivity (Wildman–Crippen MR) is 120 cm³/mol. The lowest BCUT2D eigenvalue weighted by Gasteiger charge is -2.30. The van der Waals surface area contributed by atoms with Gasteiger partial charge in [0.1, 0.15) is 0 Å². The van der Waals surface area contributed by atoms with Gasteiger partial charge in [-0.2, -0.15) is 0 Å². The zero-order valence-corrected chi connectivity index (χ0v) is 19.3. The lowest BCUT2D eigenvalue weighted by molar-refractivity contribution is -0.141. The molecule has 0 saturated carbocycles. The molecule has 0 aliphatic rings. The van der Waals surface area contributed by atoms with Crippen molar-refractivity contribution in [3.8, 4) is 11.5 Å². The van der Waals surface area contributed by atoms with E-state index in [2.05, 4.69) is 0 Å². The molecule has 1 aromatic heterocycles. The Balaban J connectivity index is 2.14. The first-order valence-corrected chi connectivity index (χ1v) is 11.1. The summed E-state index contributed by atoms with van der Waals surface area (Å²) in [5.41, 5.74) is 1.06. The number of ether oxygens (including phenoxy) is 2. The van der Waals surface area contributed by atoms with E-state index in [0.29, 0.717) is 31.0 Å². The minimum Gasteiger partial charge on any atom is -0.493 e. The van der Waals surface area contributed by atoms with Crippen molar-refractivity contribution in [3.05, 3.63) is 46.2 Å². The molecule has 30 heavy (non-hydrogen) atoms. The van der Waals surface area contributed by atoms with Crippen LogP contribution in [0.5, 0.6) is 11.5 Å². The van der Waals surface area contributed by atoms with Gasteiger partial charge in [0, 0.05) is 24.4 Å². The highest BCUT2D eigenvalue weighted by molar-refractivity contribution is 7.09. The summed E-state index contributed by atoms with van der Waals surface area (Å²) in [6.45, 7) is 6.70. The molecule has 6 nitrogen and oxygen atoms in total. The van der Waals surface area contributed by atoms with E-state index in [1.54, 1.807) is 30.5 Å². The van der Waals surface area contributed by atoms with Crippen LogP contribution in [0.25, 0.3) is 0 Å². The second-order valence-electron chi connectivity index (χ2n) is 7.24. The highest BCUT2D eigenvalue weighted by Gasteiger charge is 2.23. The topological polar surface area (TPSA) is 59.1 Å². The molecule has 0 N–H and O–H groups in total. The van der Waals surface area contributed by atoms with Gasteiger partial charge in [-0.25, -0.2) is 0 Å². The molecular formula is C23H32N2O4S. The molecule has 2 rings (SSSR count). The van der Waals surface area contributed by atoms with Gasteiger partial charge in [0.05, 0.1) is 27.3 Å². The van der Waals surface area contributed by atoms with Crippen molar-refractivity contribution in [2.24, 2.45) is 0 Å². The number of hydrogen-bond donors (Lipinski definition) is 0. The van der Waals surface area contributed by atoms with Crippen LogP contribution >= 0.6 is 11.3 Å². The predicted octanol–water partition coefficient (Wildman–Crippen LogP) is 3.98. The third-order valence-corrected chi connectivity index (χ3v) is 6.09. The molecule has 1 aromatic carbocycles. The Morgan fingerprint density at radius 1 is 1.13 bits per heavy atom. The van der Waals surface area contributed by atoms with Gasteiger partial charge < -0.3 is 19.3 Å². The summed E-state index contributed by atoms with van der Waals surface area (Å²) in [6, 6.07) is 9.83. The second-order valence-corrected chi connectivity index (χ2v) is 8.27. The maximum atomic E-state index is 13.1. The maximum Gasteiger partial charge on any atom is 0.242 e. The summed E-state index contributed by atoms with van der Waals surface area (Å²) >= 11 is 1.63. The summed E-state index contributed by atoms with van der Waals surface area (Å²) in [5.74, 6) is 1.23. The Morgan fingerprint density at radius 2 is 1.87 bits per heavy atom. The number of nitrogens with zero attached hydrogens (tertiary/aromatic N) is 2. The fraction of sp³-hybridized carbons (Fsp3) is 0.478. The number of benzene rings is 1. The smallest absolute Gasteiger partial charge is 0.242 e. The summed E-state index contributed by atoms with van der Waals surface area (Å²) in [4.78, 5) is 29.8. The van der Waals surface area contributed by atoms with Crippen molar-refractivity contribution in [2.75, 3.05) is 27.3 Å². The van der Waals surface area contributed by atoms with Crippen LogP contribution in [0.3, 0.4) is 0 Å². The number of hydrogen-bond acceptors (Lipinski definition) is 5. The average Bonchev–Trinajstić information content (AvgIpc) is 3.26. The van der Waals surface area contributed by atoms with Gasteiger partial charge in [-0.15, -0.1) is 11.3 Å². The van der Waals surface area contributed by atoms with Gasteiger partial charge in [-0.3, -0.25) is 9.59 Å². The molecule has 0 bridgehead atoms. The third kappa shape index (κ3) is 6.49. The highest BCUT2D eigenvalue weighted by Crippen LogP contribution is 2.28. The zero-order chi connectivity index (χ0) is 22.1. The molecule has 1 atom stereocenters. The number of rotatable bonds is 11. The van der Waals surface area contributed by atoms with Crippen molar-refractivity contribution >= 4 is 23.2 Å². The van der Waals surface area contributed by atoms with Gasteiger partial charge in [0.25, 0.3) is 0 Å². The summed E-state index contributed by atoms with van der Waals surface area (Å²) < 4.78 is 10.7. The van der Waals surface area contributed by atoms with E-state index in [1.165, 1.54) is 6.92 Å². The minimum absolute atomic E-state index is 0.0286. The minimum atomic E-state index is -0.0753. The van der Waals surface area contributed by atoms with Crippen molar-refractivity contribution in [1.82, 2.24) is 9.80 Å². The summed E-state index contributed by atoms with van der Waals surface area (Å²) in [7, 11) is 3.22. The third-order valence-electron chi connectivity index (χ3n) is 5.23. The number of amides is 2. The van der Waals surface area contributed by atoms with E-state index in [1.807, 2.05) is 54.5 Å². The highest BCUT2D eigenvalue weighted by atomic mass is 32.1. The second kappa shape index (κ2) is 11.6. The first kappa shape index (κ1) is 23.7. The van der Waals surface area contributed by atoms with Crippen molar-refractivity contribution in [2.45, 2.75) is 46.2 Å². The van der Waals surface area contributed by atoms with E-state index in [-0.39, 0.29) is 24.4 Å². The molecule has 7 heteroatoms. The fourth-order valence-corrected chi connectivity index (χ4v) is 3.95. The lowest BCUT2D eigenvalue weighted by atomic mass is 10.1. The molecule has 0 radical (unpaired) electrons. The summed E-state index contributed by atoms with van der Waals surface area (Å²) in [6.07, 6.45) is 1.49. The number of carbonyl (C=O) groups is 2. The maximum absolute atomic E-state index is 13.1. The lowest BCUT2D eigenvalue weighted by Crippen LogP contribution is -2.46. The SMILES string of the molecule is CCC(C)N(CC(=O)N(CCc1ccc(OC)c(OC)c1)Cc1cccs1)C(C)=O. The van der Waals surface area contributed by atoms with E-state index in [4.69, 9.17) is 9.47 Å². The molecule has 2 amide bonds. The van der Waals surface area contributed by atoms with Crippen LogP contribution in [0.2, 0.25) is 0 Å². The van der Waals surface area contributed by atoms with Crippen LogP contribution in [0.1, 0.15) is 37.6 Å². The fourth-order valence-electron chi connectivity index (χ4n) is 3.23. The standard InChI is InChI=1S/C23H32N2O4S/c1-6-17(2)25(18(3)26)16-23(27)24(15-20-8-7-13-30-20)12-11-19-9-10-21(28-4)22(14-19)29-5/h7-10,13-14,17H,6,11-12,15-16H2,1-5H3. The van der Waals surface area contributed by atoms with E-state index in [9.17, 15) is 9.59 Å². The molecule has 164 valence electrons. The van der Waals surface area contributed by atoms with Gasteiger partial charge >= 0.3 is 0 Å². The van der Waals surface area contributed by atoms with Gasteiger partial charge in [-0.1, -0.05) is 19.1 Å². The average molecular weight is 433 g/mol. The number of thiophene rings is 1. The molecule has 0 aliphatic carbocycles. The van der Waals surface area contributed by atoms with Crippen molar-refractivity contribution in [1.29, 1.82) is 0 Å². The molecule has 1 unspecified atom stereocenters. The first-order valence-electron chi connectivity index (χ1n) is 10.2. The Morgan fingerprint density at radius 3 is 2.43 bits per heavy atom. The van der Waals surface area contributed by atoms with E-state index < -0.39 is 0 Å². The van der Waals surface area contributed by atoms with Crippen LogP contribution in [0.4, 0.5) is 0 Å². The van der Waals surface area contributed by atoms with E-state index in [0.717, 1.165) is 16.9 Å². The van der Waals surface area contributed by atoms with Crippen LogP contribution in [0.15, 0.2) is 35.7 Å². The molecule has 0 spiro atoms. The van der Waals surface area contributed by atoms with Crippen LogP contribution in [0, 0.1) is 0 Å². The van der Waals surface area contributed by atoms with Crippen molar-refractivity contribution in [3.63, 3.8) is 0 Å². The zero-order valence-electron chi connectivity index (χ0n) is 18.5. The van der Waals surface area contributed by atoms with Crippen molar-refractivity contribution < 1.29 is 19.1 Å². The Bertz CT molecular complexity index is 823. The molecule has 0 aliphatic heterocycles. The Hall–Kier alpha value is -2.54. The van der Waals surface area contributed by atoms with Gasteiger partial charge in [0.2, 0.25) is 11.8 Å². The largest absolute Gasteiger partial charge is 0.493 e. The molecule has 0 fully saturated rings. The normalized spacial score (nSPS) is 11.6. The molecule has 0 saturated heterocycles.